The Bertz CT molecular complexity index is 815. The summed E-state index contributed by atoms with van der Waals surface area (Å²) in [5.74, 6) is 0.215. The second-order valence-electron chi connectivity index (χ2n) is 5.35. The topological polar surface area (TPSA) is 39.4 Å². The second-order valence-corrected chi connectivity index (χ2v) is 5.35. The SMILES string of the molecule is Cc1occc1C(=O)OC1c2ccccc2-c2ccccc21. The summed E-state index contributed by atoms with van der Waals surface area (Å²) in [4.78, 5) is 12.4. The molecule has 0 atom stereocenters. The largest absolute Gasteiger partial charge is 0.469 e. The highest BCUT2D eigenvalue weighted by atomic mass is 16.5. The van der Waals surface area contributed by atoms with Gasteiger partial charge >= 0.3 is 5.97 Å². The lowest BCUT2D eigenvalue weighted by Gasteiger charge is -2.14. The Hall–Kier alpha value is -2.81. The van der Waals surface area contributed by atoms with Crippen LogP contribution in [0.15, 0.2) is 65.3 Å². The zero-order valence-corrected chi connectivity index (χ0v) is 12.1. The van der Waals surface area contributed by atoms with Crippen LogP contribution in [0.2, 0.25) is 0 Å². The first-order chi connectivity index (χ1) is 10.8. The predicted molar refractivity (Wildman–Crippen MR) is 82.6 cm³/mol. The third-order valence-electron chi connectivity index (χ3n) is 4.08. The van der Waals surface area contributed by atoms with Gasteiger partial charge in [-0.15, -0.1) is 0 Å². The quantitative estimate of drug-likeness (QED) is 0.652. The van der Waals surface area contributed by atoms with Crippen LogP contribution in [0, 0.1) is 6.92 Å². The molecular weight excluding hydrogens is 276 g/mol. The lowest BCUT2D eigenvalue weighted by Crippen LogP contribution is -2.11. The molecule has 22 heavy (non-hydrogen) atoms. The molecule has 1 aliphatic carbocycles. The highest BCUT2D eigenvalue weighted by Gasteiger charge is 2.31. The summed E-state index contributed by atoms with van der Waals surface area (Å²) in [5, 5.41) is 0. The number of furan rings is 1. The van der Waals surface area contributed by atoms with E-state index in [-0.39, 0.29) is 12.1 Å². The standard InChI is InChI=1S/C19H14O3/c1-12-13(10-11-21-12)19(20)22-18-16-8-4-2-6-14(16)15-7-3-5-9-17(15)18/h2-11,18H,1H3. The second kappa shape index (κ2) is 4.88. The number of aryl methyl sites for hydroxylation is 1. The third-order valence-corrected chi connectivity index (χ3v) is 4.08. The molecule has 0 saturated carbocycles. The Balaban J connectivity index is 1.76. The molecule has 0 radical (unpaired) electrons. The molecule has 1 aromatic heterocycles. The van der Waals surface area contributed by atoms with Gasteiger partial charge in [-0.05, 0) is 24.1 Å². The molecule has 0 spiro atoms. The minimum atomic E-state index is -0.366. The predicted octanol–water partition coefficient (Wildman–Crippen LogP) is 4.51. The molecule has 3 nitrogen and oxygen atoms in total. The van der Waals surface area contributed by atoms with E-state index in [1.807, 2.05) is 36.4 Å². The molecule has 0 unspecified atom stereocenters. The van der Waals surface area contributed by atoms with Crippen LogP contribution < -0.4 is 0 Å². The molecule has 3 aromatic rings. The smallest absolute Gasteiger partial charge is 0.342 e. The molecule has 1 heterocycles. The van der Waals surface area contributed by atoms with Gasteiger partial charge in [-0.3, -0.25) is 0 Å². The maximum Gasteiger partial charge on any atom is 0.342 e. The Morgan fingerprint density at radius 1 is 0.955 bits per heavy atom. The zero-order chi connectivity index (χ0) is 15.1. The first kappa shape index (κ1) is 12.9. The van der Waals surface area contributed by atoms with Gasteiger partial charge in [0.05, 0.1) is 6.26 Å². The number of hydrogen-bond acceptors (Lipinski definition) is 3. The Kier molecular flexibility index (Phi) is 2.86. The highest BCUT2D eigenvalue weighted by Crippen LogP contribution is 2.45. The summed E-state index contributed by atoms with van der Waals surface area (Å²) >= 11 is 0. The highest BCUT2D eigenvalue weighted by molar-refractivity contribution is 5.91. The van der Waals surface area contributed by atoms with Crippen molar-refractivity contribution in [2.45, 2.75) is 13.0 Å². The molecular formula is C19H14O3. The van der Waals surface area contributed by atoms with Crippen LogP contribution in [0.4, 0.5) is 0 Å². The normalized spacial score (nSPS) is 12.8. The van der Waals surface area contributed by atoms with Crippen molar-refractivity contribution in [1.29, 1.82) is 0 Å². The minimum absolute atomic E-state index is 0.359. The van der Waals surface area contributed by atoms with Crippen molar-refractivity contribution < 1.29 is 13.9 Å². The lowest BCUT2D eigenvalue weighted by molar-refractivity contribution is 0.0384. The minimum Gasteiger partial charge on any atom is -0.469 e. The van der Waals surface area contributed by atoms with Crippen molar-refractivity contribution in [3.8, 4) is 11.1 Å². The number of rotatable bonds is 2. The van der Waals surface area contributed by atoms with Crippen molar-refractivity contribution in [2.24, 2.45) is 0 Å². The van der Waals surface area contributed by atoms with Gasteiger partial charge in [0.25, 0.3) is 0 Å². The van der Waals surface area contributed by atoms with Crippen LogP contribution in [-0.4, -0.2) is 5.97 Å². The van der Waals surface area contributed by atoms with Gasteiger partial charge in [-0.1, -0.05) is 48.5 Å². The molecule has 3 heteroatoms. The molecule has 2 aromatic carbocycles. The number of benzene rings is 2. The Morgan fingerprint density at radius 2 is 1.55 bits per heavy atom. The van der Waals surface area contributed by atoms with E-state index >= 15 is 0 Å². The van der Waals surface area contributed by atoms with E-state index in [1.54, 1.807) is 13.0 Å². The molecule has 0 bridgehead atoms. The number of fused-ring (bicyclic) bond motifs is 3. The first-order valence-corrected chi connectivity index (χ1v) is 7.19. The summed E-state index contributed by atoms with van der Waals surface area (Å²) in [6.07, 6.45) is 1.14. The van der Waals surface area contributed by atoms with Gasteiger partial charge < -0.3 is 9.15 Å². The molecule has 0 fully saturated rings. The van der Waals surface area contributed by atoms with Gasteiger partial charge in [0.1, 0.15) is 11.3 Å². The van der Waals surface area contributed by atoms with E-state index in [9.17, 15) is 4.79 Å². The van der Waals surface area contributed by atoms with Gasteiger partial charge in [0.2, 0.25) is 0 Å². The average Bonchev–Trinajstić information content (AvgIpc) is 3.11. The van der Waals surface area contributed by atoms with Crippen molar-refractivity contribution >= 4 is 5.97 Å². The zero-order valence-electron chi connectivity index (χ0n) is 12.1. The van der Waals surface area contributed by atoms with E-state index < -0.39 is 0 Å². The molecule has 0 N–H and O–H groups in total. The van der Waals surface area contributed by atoms with Crippen LogP contribution in [0.5, 0.6) is 0 Å². The van der Waals surface area contributed by atoms with Gasteiger partial charge in [0.15, 0.2) is 6.10 Å². The monoisotopic (exact) mass is 290 g/mol. The number of carbonyl (C=O) groups is 1. The Morgan fingerprint density at radius 3 is 2.09 bits per heavy atom. The van der Waals surface area contributed by atoms with Crippen molar-refractivity contribution in [3.05, 3.63) is 83.3 Å². The molecule has 0 amide bonds. The van der Waals surface area contributed by atoms with E-state index in [4.69, 9.17) is 9.15 Å². The van der Waals surface area contributed by atoms with Crippen LogP contribution >= 0.6 is 0 Å². The number of hydrogen-bond donors (Lipinski definition) is 0. The van der Waals surface area contributed by atoms with E-state index in [1.165, 1.54) is 6.26 Å². The Labute approximate surface area is 128 Å². The first-order valence-electron chi connectivity index (χ1n) is 7.19. The molecule has 0 saturated heterocycles. The van der Waals surface area contributed by atoms with Crippen LogP contribution in [0.25, 0.3) is 11.1 Å². The van der Waals surface area contributed by atoms with Gasteiger partial charge in [-0.2, -0.15) is 0 Å². The fraction of sp³-hybridized carbons (Fsp3) is 0.105. The van der Waals surface area contributed by atoms with Crippen LogP contribution in [0.3, 0.4) is 0 Å². The summed E-state index contributed by atoms with van der Waals surface area (Å²) in [5.41, 5.74) is 4.78. The van der Waals surface area contributed by atoms with Crippen LogP contribution in [0.1, 0.15) is 33.3 Å². The summed E-state index contributed by atoms with van der Waals surface area (Å²) in [7, 11) is 0. The third kappa shape index (κ3) is 1.86. The lowest BCUT2D eigenvalue weighted by atomic mass is 10.1. The van der Waals surface area contributed by atoms with Gasteiger partial charge in [-0.25, -0.2) is 4.79 Å². The van der Waals surface area contributed by atoms with Crippen molar-refractivity contribution in [3.63, 3.8) is 0 Å². The molecule has 108 valence electrons. The molecule has 1 aliphatic rings. The van der Waals surface area contributed by atoms with Crippen LogP contribution in [-0.2, 0) is 4.74 Å². The van der Waals surface area contributed by atoms with E-state index in [0.29, 0.717) is 11.3 Å². The number of esters is 1. The molecule has 4 rings (SSSR count). The van der Waals surface area contributed by atoms with Crippen molar-refractivity contribution in [1.82, 2.24) is 0 Å². The van der Waals surface area contributed by atoms with E-state index in [2.05, 4.69) is 12.1 Å². The summed E-state index contributed by atoms with van der Waals surface area (Å²) in [6.45, 7) is 1.76. The fourth-order valence-electron chi connectivity index (χ4n) is 3.00. The van der Waals surface area contributed by atoms with Crippen molar-refractivity contribution in [2.75, 3.05) is 0 Å². The summed E-state index contributed by atoms with van der Waals surface area (Å²) in [6, 6.07) is 17.7. The maximum atomic E-state index is 12.4. The maximum absolute atomic E-state index is 12.4. The summed E-state index contributed by atoms with van der Waals surface area (Å²) < 4.78 is 11.0. The molecule has 0 aliphatic heterocycles. The van der Waals surface area contributed by atoms with E-state index in [0.717, 1.165) is 22.3 Å². The average molecular weight is 290 g/mol. The van der Waals surface area contributed by atoms with Gasteiger partial charge in [0, 0.05) is 11.1 Å². The number of ether oxygens (including phenoxy) is 1. The number of carbonyl (C=O) groups excluding carboxylic acids is 1. The fourth-order valence-corrected chi connectivity index (χ4v) is 3.00.